The Morgan fingerprint density at radius 1 is 1.32 bits per heavy atom. The molecule has 0 aromatic carbocycles. The average molecular weight is 377 g/mol. The summed E-state index contributed by atoms with van der Waals surface area (Å²) >= 11 is 1.90. The molecule has 19 heavy (non-hydrogen) atoms. The van der Waals surface area contributed by atoms with Crippen LogP contribution >= 0.6 is 22.6 Å². The van der Waals surface area contributed by atoms with Gasteiger partial charge in [0.2, 0.25) is 5.91 Å². The van der Waals surface area contributed by atoms with Crippen molar-refractivity contribution in [1.29, 1.82) is 0 Å². The van der Waals surface area contributed by atoms with E-state index in [1.54, 1.807) is 6.92 Å². The molecule has 0 fully saturated rings. The summed E-state index contributed by atoms with van der Waals surface area (Å²) in [6.45, 7) is 1.59. The molecule has 2 aromatic rings. The molecule has 102 valence electrons. The summed E-state index contributed by atoms with van der Waals surface area (Å²) in [7, 11) is 2.90. The SMILES string of the molecule is C[C@H](C(N)=O)n1c(I)nc2c(=O)n(C)c(=O)n(C)c21. The highest BCUT2D eigenvalue weighted by Crippen LogP contribution is 2.18. The molecule has 0 aliphatic carbocycles. The average Bonchev–Trinajstić information content (AvgIpc) is 2.70. The van der Waals surface area contributed by atoms with Gasteiger partial charge in [-0.3, -0.25) is 23.3 Å². The van der Waals surface area contributed by atoms with Crippen LogP contribution in [0.1, 0.15) is 13.0 Å². The van der Waals surface area contributed by atoms with Gasteiger partial charge in [-0.2, -0.15) is 0 Å². The van der Waals surface area contributed by atoms with Crippen LogP contribution in [0.4, 0.5) is 0 Å². The first-order valence-corrected chi connectivity index (χ1v) is 6.48. The second-order valence-electron chi connectivity index (χ2n) is 4.21. The maximum absolute atomic E-state index is 12.0. The highest BCUT2D eigenvalue weighted by atomic mass is 127. The summed E-state index contributed by atoms with van der Waals surface area (Å²) < 4.78 is 4.18. The number of carbonyl (C=O) groups excluding carboxylic acids is 1. The van der Waals surface area contributed by atoms with Gasteiger partial charge in [-0.1, -0.05) is 0 Å². The smallest absolute Gasteiger partial charge is 0.332 e. The molecular weight excluding hydrogens is 365 g/mol. The molecule has 1 atom stereocenters. The quantitative estimate of drug-likeness (QED) is 0.540. The molecule has 0 aliphatic rings. The largest absolute Gasteiger partial charge is 0.368 e. The molecule has 2 heterocycles. The molecule has 0 bridgehead atoms. The lowest BCUT2D eigenvalue weighted by molar-refractivity contribution is -0.120. The topological polar surface area (TPSA) is 105 Å². The number of hydrogen-bond donors (Lipinski definition) is 1. The summed E-state index contributed by atoms with van der Waals surface area (Å²) in [6, 6.07) is -0.699. The van der Waals surface area contributed by atoms with E-state index in [0.717, 1.165) is 4.57 Å². The maximum Gasteiger partial charge on any atom is 0.332 e. The minimum Gasteiger partial charge on any atom is -0.368 e. The number of hydrogen-bond acceptors (Lipinski definition) is 4. The zero-order valence-electron chi connectivity index (χ0n) is 10.5. The number of nitrogens with two attached hydrogens (primary N) is 1. The Bertz CT molecular complexity index is 800. The van der Waals surface area contributed by atoms with Gasteiger partial charge in [-0.05, 0) is 6.92 Å². The van der Waals surface area contributed by atoms with E-state index < -0.39 is 23.2 Å². The van der Waals surface area contributed by atoms with Gasteiger partial charge in [0, 0.05) is 36.7 Å². The predicted octanol–water partition coefficient (Wildman–Crippen LogP) is -0.915. The van der Waals surface area contributed by atoms with E-state index in [4.69, 9.17) is 5.73 Å². The van der Waals surface area contributed by atoms with Gasteiger partial charge in [0.15, 0.2) is 15.0 Å². The van der Waals surface area contributed by atoms with E-state index in [-0.39, 0.29) is 5.52 Å². The minimum absolute atomic E-state index is 0.141. The monoisotopic (exact) mass is 377 g/mol. The number of halogens is 1. The van der Waals surface area contributed by atoms with Gasteiger partial charge < -0.3 is 5.73 Å². The van der Waals surface area contributed by atoms with E-state index in [9.17, 15) is 14.4 Å². The van der Waals surface area contributed by atoms with E-state index in [1.807, 2.05) is 22.6 Å². The first-order valence-electron chi connectivity index (χ1n) is 5.40. The van der Waals surface area contributed by atoms with Crippen molar-refractivity contribution in [2.75, 3.05) is 0 Å². The number of fused-ring (bicyclic) bond motifs is 1. The standard InChI is InChI=1S/C10H12IN5O3/c1-4(6(12)17)16-7-5(13-9(16)11)8(18)15(3)10(19)14(7)2/h4H,1-3H3,(H2,12,17)/t4-/m1/s1. The third kappa shape index (κ3) is 1.88. The molecule has 2 rings (SSSR count). The summed E-state index contributed by atoms with van der Waals surface area (Å²) in [5, 5.41) is 0. The molecule has 0 aliphatic heterocycles. The van der Waals surface area contributed by atoms with Crippen molar-refractivity contribution in [1.82, 2.24) is 18.7 Å². The molecule has 0 unspecified atom stereocenters. The highest BCUT2D eigenvalue weighted by Gasteiger charge is 2.23. The third-order valence-electron chi connectivity index (χ3n) is 3.04. The number of aryl methyl sites for hydroxylation is 1. The third-order valence-corrected chi connectivity index (χ3v) is 3.80. The Morgan fingerprint density at radius 3 is 2.42 bits per heavy atom. The van der Waals surface area contributed by atoms with Crippen LogP contribution in [0.3, 0.4) is 0 Å². The zero-order chi connectivity index (χ0) is 14.5. The van der Waals surface area contributed by atoms with Crippen LogP contribution in [0.25, 0.3) is 11.2 Å². The first-order chi connectivity index (χ1) is 8.77. The van der Waals surface area contributed by atoms with Crippen molar-refractivity contribution in [2.24, 2.45) is 19.8 Å². The number of primary amides is 1. The minimum atomic E-state index is -0.699. The van der Waals surface area contributed by atoms with Crippen LogP contribution in [0.5, 0.6) is 0 Å². The van der Waals surface area contributed by atoms with Gasteiger partial charge in [0.25, 0.3) is 5.56 Å². The number of imidazole rings is 1. The number of aromatic nitrogens is 4. The second-order valence-corrected chi connectivity index (χ2v) is 5.17. The molecule has 1 amide bonds. The first kappa shape index (κ1) is 13.8. The van der Waals surface area contributed by atoms with Gasteiger partial charge in [-0.15, -0.1) is 0 Å². The van der Waals surface area contributed by atoms with Crippen molar-refractivity contribution < 1.29 is 4.79 Å². The van der Waals surface area contributed by atoms with Crippen LogP contribution in [0.2, 0.25) is 0 Å². The summed E-state index contributed by atoms with van der Waals surface area (Å²) in [4.78, 5) is 39.4. The second kappa shape index (κ2) is 4.47. The molecule has 0 saturated carbocycles. The maximum atomic E-state index is 12.0. The molecule has 9 heteroatoms. The molecular formula is C10H12IN5O3. The zero-order valence-corrected chi connectivity index (χ0v) is 12.7. The number of rotatable bonds is 2. The molecule has 0 spiro atoms. The summed E-state index contributed by atoms with van der Waals surface area (Å²) in [6.07, 6.45) is 0. The van der Waals surface area contributed by atoms with E-state index in [0.29, 0.717) is 9.48 Å². The number of carbonyl (C=O) groups is 1. The lowest BCUT2D eigenvalue weighted by Gasteiger charge is -2.13. The van der Waals surface area contributed by atoms with Crippen molar-refractivity contribution in [3.05, 3.63) is 24.7 Å². The van der Waals surface area contributed by atoms with Crippen LogP contribution in [-0.2, 0) is 18.9 Å². The predicted molar refractivity (Wildman–Crippen MR) is 76.8 cm³/mol. The Labute approximate surface area is 121 Å². The molecule has 0 saturated heterocycles. The molecule has 2 aromatic heterocycles. The van der Waals surface area contributed by atoms with Gasteiger partial charge in [-0.25, -0.2) is 9.78 Å². The lowest BCUT2D eigenvalue weighted by Crippen LogP contribution is -2.38. The van der Waals surface area contributed by atoms with Crippen molar-refractivity contribution in [2.45, 2.75) is 13.0 Å². The van der Waals surface area contributed by atoms with Gasteiger partial charge >= 0.3 is 5.69 Å². The van der Waals surface area contributed by atoms with Gasteiger partial charge in [0.05, 0.1) is 0 Å². The molecule has 2 N–H and O–H groups in total. The summed E-state index contributed by atoms with van der Waals surface area (Å²) in [5.41, 5.74) is 4.74. The normalized spacial score (nSPS) is 12.8. The Hall–Kier alpha value is -1.65. The molecule has 0 radical (unpaired) electrons. The van der Waals surface area contributed by atoms with Crippen molar-refractivity contribution in [3.8, 4) is 0 Å². The van der Waals surface area contributed by atoms with E-state index in [1.165, 1.54) is 23.2 Å². The lowest BCUT2D eigenvalue weighted by atomic mass is 10.3. The van der Waals surface area contributed by atoms with Crippen molar-refractivity contribution >= 4 is 39.7 Å². The van der Waals surface area contributed by atoms with Gasteiger partial charge in [0.1, 0.15) is 6.04 Å². The van der Waals surface area contributed by atoms with Crippen LogP contribution in [0, 0.1) is 3.83 Å². The van der Waals surface area contributed by atoms with Crippen molar-refractivity contribution in [3.63, 3.8) is 0 Å². The van der Waals surface area contributed by atoms with E-state index >= 15 is 0 Å². The summed E-state index contributed by atoms with van der Waals surface area (Å²) in [5.74, 6) is -0.564. The van der Waals surface area contributed by atoms with Crippen LogP contribution < -0.4 is 17.0 Å². The van der Waals surface area contributed by atoms with Crippen LogP contribution in [-0.4, -0.2) is 24.6 Å². The number of amides is 1. The fourth-order valence-corrected chi connectivity index (χ4v) is 2.78. The number of nitrogens with zero attached hydrogens (tertiary/aromatic N) is 4. The van der Waals surface area contributed by atoms with Crippen LogP contribution in [0.15, 0.2) is 9.59 Å². The Balaban J connectivity index is 3.04. The molecule has 8 nitrogen and oxygen atoms in total. The Morgan fingerprint density at radius 2 is 1.89 bits per heavy atom. The Kier molecular flexibility index (Phi) is 3.24. The highest BCUT2D eigenvalue weighted by molar-refractivity contribution is 14.1. The fraction of sp³-hybridized carbons (Fsp3) is 0.400. The fourth-order valence-electron chi connectivity index (χ4n) is 1.89. The van der Waals surface area contributed by atoms with E-state index in [2.05, 4.69) is 4.98 Å².